The van der Waals surface area contributed by atoms with Crippen LogP contribution in [0.25, 0.3) is 0 Å². The first-order valence-corrected chi connectivity index (χ1v) is 8.24. The Hall–Kier alpha value is -2.28. The van der Waals surface area contributed by atoms with Gasteiger partial charge in [-0.05, 0) is 43.5 Å². The SMILES string of the molecule is C/C=C(\C/C=C\CC(F)(F)F)C/C=C(/NCc1ccc(F)cc1)N(C)N. The summed E-state index contributed by atoms with van der Waals surface area (Å²) in [5, 5.41) is 4.59. The van der Waals surface area contributed by atoms with E-state index in [0.717, 1.165) is 17.2 Å². The van der Waals surface area contributed by atoms with Crippen LogP contribution >= 0.6 is 0 Å². The monoisotopic (exact) mass is 371 g/mol. The molecule has 0 bridgehead atoms. The molecule has 0 aliphatic carbocycles. The number of hydrogen-bond acceptors (Lipinski definition) is 3. The fourth-order valence-electron chi connectivity index (χ4n) is 2.13. The zero-order valence-corrected chi connectivity index (χ0v) is 15.0. The van der Waals surface area contributed by atoms with Crippen LogP contribution in [0.2, 0.25) is 0 Å². The van der Waals surface area contributed by atoms with E-state index in [-0.39, 0.29) is 5.82 Å². The second-order valence-corrected chi connectivity index (χ2v) is 5.83. The van der Waals surface area contributed by atoms with Crippen molar-refractivity contribution in [3.63, 3.8) is 0 Å². The van der Waals surface area contributed by atoms with Crippen molar-refractivity contribution < 1.29 is 17.6 Å². The maximum absolute atomic E-state index is 12.9. The van der Waals surface area contributed by atoms with Gasteiger partial charge >= 0.3 is 6.18 Å². The number of allylic oxidation sites excluding steroid dienone is 5. The van der Waals surface area contributed by atoms with Crippen molar-refractivity contribution in [2.24, 2.45) is 5.84 Å². The standard InChI is InChI=1S/C19H25F4N3/c1-3-15(6-4-5-13-19(21,22)23)9-12-18(26(2)24)25-14-16-7-10-17(20)11-8-16/h3-5,7-8,10-12,25H,6,9,13-14,24H2,1-2H3/b5-4-,15-3+,18-12-. The normalized spacial score (nSPS) is 13.3. The van der Waals surface area contributed by atoms with Crippen LogP contribution in [-0.2, 0) is 6.54 Å². The van der Waals surface area contributed by atoms with Crippen LogP contribution in [0.4, 0.5) is 17.6 Å². The number of nitrogens with two attached hydrogens (primary N) is 1. The summed E-state index contributed by atoms with van der Waals surface area (Å²) in [5.41, 5.74) is 1.88. The molecule has 0 atom stereocenters. The van der Waals surface area contributed by atoms with E-state index in [1.54, 1.807) is 19.2 Å². The third-order valence-corrected chi connectivity index (χ3v) is 3.63. The molecule has 0 aliphatic heterocycles. The molecule has 0 radical (unpaired) electrons. The maximum Gasteiger partial charge on any atom is 0.392 e. The Morgan fingerprint density at radius 3 is 2.35 bits per heavy atom. The summed E-state index contributed by atoms with van der Waals surface area (Å²) in [7, 11) is 1.68. The molecule has 3 nitrogen and oxygen atoms in total. The van der Waals surface area contributed by atoms with Crippen LogP contribution in [0.1, 0.15) is 31.7 Å². The van der Waals surface area contributed by atoms with E-state index in [0.29, 0.717) is 25.2 Å². The molecule has 144 valence electrons. The van der Waals surface area contributed by atoms with Gasteiger partial charge in [0.15, 0.2) is 0 Å². The minimum absolute atomic E-state index is 0.295. The third kappa shape index (κ3) is 9.27. The van der Waals surface area contributed by atoms with Crippen molar-refractivity contribution in [3.8, 4) is 0 Å². The molecule has 1 rings (SSSR count). The van der Waals surface area contributed by atoms with E-state index in [9.17, 15) is 17.6 Å². The van der Waals surface area contributed by atoms with E-state index in [4.69, 9.17) is 5.84 Å². The molecule has 0 saturated heterocycles. The lowest BCUT2D eigenvalue weighted by Crippen LogP contribution is -2.33. The van der Waals surface area contributed by atoms with E-state index in [2.05, 4.69) is 5.32 Å². The molecule has 0 amide bonds. The van der Waals surface area contributed by atoms with Gasteiger partial charge in [0.1, 0.15) is 11.6 Å². The van der Waals surface area contributed by atoms with Crippen molar-refractivity contribution in [3.05, 3.63) is 71.3 Å². The van der Waals surface area contributed by atoms with Gasteiger partial charge in [-0.1, -0.05) is 35.9 Å². The predicted molar refractivity (Wildman–Crippen MR) is 96.1 cm³/mol. The largest absolute Gasteiger partial charge is 0.392 e. The predicted octanol–water partition coefficient (Wildman–Crippen LogP) is 4.80. The van der Waals surface area contributed by atoms with Crippen molar-refractivity contribution in [2.75, 3.05) is 7.05 Å². The van der Waals surface area contributed by atoms with Gasteiger partial charge in [-0.25, -0.2) is 10.2 Å². The highest BCUT2D eigenvalue weighted by atomic mass is 19.4. The minimum Gasteiger partial charge on any atom is -0.367 e. The van der Waals surface area contributed by atoms with Gasteiger partial charge < -0.3 is 10.3 Å². The van der Waals surface area contributed by atoms with Crippen molar-refractivity contribution in [2.45, 2.75) is 38.9 Å². The number of nitrogens with zero attached hydrogens (tertiary/aromatic N) is 1. The lowest BCUT2D eigenvalue weighted by Gasteiger charge is -2.19. The molecule has 3 N–H and O–H groups in total. The first kappa shape index (κ1) is 21.8. The summed E-state index contributed by atoms with van der Waals surface area (Å²) >= 11 is 0. The highest BCUT2D eigenvalue weighted by molar-refractivity contribution is 5.18. The number of nitrogens with one attached hydrogen (secondary N) is 1. The molecule has 0 saturated carbocycles. The fourth-order valence-corrected chi connectivity index (χ4v) is 2.13. The van der Waals surface area contributed by atoms with Gasteiger partial charge in [0.05, 0.1) is 6.42 Å². The summed E-state index contributed by atoms with van der Waals surface area (Å²) in [5.74, 6) is 6.19. The van der Waals surface area contributed by atoms with Crippen LogP contribution in [0.15, 0.2) is 60.0 Å². The van der Waals surface area contributed by atoms with Gasteiger partial charge in [-0.15, -0.1) is 0 Å². The summed E-state index contributed by atoms with van der Waals surface area (Å²) in [4.78, 5) is 0. The molecule has 0 heterocycles. The molecular formula is C19H25F4N3. The zero-order valence-electron chi connectivity index (χ0n) is 15.0. The summed E-state index contributed by atoms with van der Waals surface area (Å²) < 4.78 is 49.3. The van der Waals surface area contributed by atoms with E-state index < -0.39 is 12.6 Å². The topological polar surface area (TPSA) is 41.3 Å². The van der Waals surface area contributed by atoms with Crippen molar-refractivity contribution in [1.29, 1.82) is 0 Å². The fraction of sp³-hybridized carbons (Fsp3) is 0.368. The second kappa shape index (κ2) is 10.7. The molecule has 1 aromatic rings. The Morgan fingerprint density at radius 2 is 1.81 bits per heavy atom. The highest BCUT2D eigenvalue weighted by Crippen LogP contribution is 2.20. The van der Waals surface area contributed by atoms with E-state index in [1.165, 1.54) is 23.2 Å². The Kier molecular flexibility index (Phi) is 8.92. The van der Waals surface area contributed by atoms with Gasteiger partial charge in [0, 0.05) is 13.6 Å². The van der Waals surface area contributed by atoms with Crippen LogP contribution in [0, 0.1) is 5.82 Å². The second-order valence-electron chi connectivity index (χ2n) is 5.83. The molecular weight excluding hydrogens is 346 g/mol. The van der Waals surface area contributed by atoms with Crippen molar-refractivity contribution >= 4 is 0 Å². The number of hydrogen-bond donors (Lipinski definition) is 2. The third-order valence-electron chi connectivity index (χ3n) is 3.63. The lowest BCUT2D eigenvalue weighted by molar-refractivity contribution is -0.125. The highest BCUT2D eigenvalue weighted by Gasteiger charge is 2.24. The molecule has 26 heavy (non-hydrogen) atoms. The average Bonchev–Trinajstić information content (AvgIpc) is 2.56. The summed E-state index contributed by atoms with van der Waals surface area (Å²) in [6, 6.07) is 6.13. The number of alkyl halides is 3. The van der Waals surface area contributed by atoms with Gasteiger partial charge in [-0.2, -0.15) is 13.2 Å². The molecule has 0 unspecified atom stereocenters. The quantitative estimate of drug-likeness (QED) is 0.284. The number of rotatable bonds is 9. The first-order chi connectivity index (χ1) is 12.2. The van der Waals surface area contributed by atoms with Crippen LogP contribution in [0.5, 0.6) is 0 Å². The minimum atomic E-state index is -4.17. The number of halogens is 4. The first-order valence-electron chi connectivity index (χ1n) is 8.24. The summed E-state index contributed by atoms with van der Waals surface area (Å²) in [6.07, 6.45) is 2.31. The van der Waals surface area contributed by atoms with Gasteiger partial charge in [0.2, 0.25) is 0 Å². The Bertz CT molecular complexity index is 629. The Morgan fingerprint density at radius 1 is 1.15 bits per heavy atom. The molecule has 0 aliphatic rings. The average molecular weight is 371 g/mol. The smallest absolute Gasteiger partial charge is 0.367 e. The molecule has 1 aromatic carbocycles. The van der Waals surface area contributed by atoms with E-state index in [1.807, 2.05) is 19.1 Å². The Balaban J connectivity index is 2.59. The van der Waals surface area contributed by atoms with E-state index >= 15 is 0 Å². The summed E-state index contributed by atoms with van der Waals surface area (Å²) in [6.45, 7) is 2.32. The number of hydrazine groups is 1. The van der Waals surface area contributed by atoms with Crippen molar-refractivity contribution in [1.82, 2.24) is 10.3 Å². The molecule has 0 fully saturated rings. The lowest BCUT2D eigenvalue weighted by atomic mass is 10.1. The number of benzene rings is 1. The molecule has 7 heteroatoms. The van der Waals surface area contributed by atoms with Crippen LogP contribution in [-0.4, -0.2) is 18.2 Å². The molecule has 0 spiro atoms. The van der Waals surface area contributed by atoms with Gasteiger partial charge in [0.25, 0.3) is 0 Å². The van der Waals surface area contributed by atoms with Crippen LogP contribution in [0.3, 0.4) is 0 Å². The van der Waals surface area contributed by atoms with Gasteiger partial charge in [-0.3, -0.25) is 0 Å². The zero-order chi connectivity index (χ0) is 19.6. The molecule has 0 aromatic heterocycles. The Labute approximate surface area is 151 Å². The maximum atomic E-state index is 12.9. The van der Waals surface area contributed by atoms with Crippen LogP contribution < -0.4 is 11.2 Å².